The second kappa shape index (κ2) is 8.86. The molecule has 8 nitrogen and oxygen atoms in total. The van der Waals surface area contributed by atoms with Gasteiger partial charge in [0.25, 0.3) is 0 Å². The first-order valence-corrected chi connectivity index (χ1v) is 6.69. The van der Waals surface area contributed by atoms with Crippen molar-refractivity contribution in [2.45, 2.75) is 37.9 Å². The Kier molecular flexibility index (Phi) is 7.92. The van der Waals surface area contributed by atoms with Crippen molar-refractivity contribution in [1.82, 2.24) is 0 Å². The lowest BCUT2D eigenvalue weighted by Gasteiger charge is -2.39. The van der Waals surface area contributed by atoms with Gasteiger partial charge in [-0.15, -0.1) is 0 Å². The van der Waals surface area contributed by atoms with E-state index in [1.807, 2.05) is 0 Å². The van der Waals surface area contributed by atoms with E-state index >= 15 is 0 Å². The highest BCUT2D eigenvalue weighted by molar-refractivity contribution is 5.84. The SMILES string of the molecule is C=CC(=O)OC(O)(O)C(CCCC)(OC(=O)C=C)OC(=O)C=C. The molecular formula is C15H20O8. The van der Waals surface area contributed by atoms with Gasteiger partial charge in [0.2, 0.25) is 0 Å². The molecule has 0 aliphatic carbocycles. The first kappa shape index (κ1) is 20.6. The molecule has 0 heterocycles. The van der Waals surface area contributed by atoms with Crippen molar-refractivity contribution in [3.63, 3.8) is 0 Å². The van der Waals surface area contributed by atoms with E-state index in [1.54, 1.807) is 6.92 Å². The van der Waals surface area contributed by atoms with Crippen LogP contribution in [0.3, 0.4) is 0 Å². The summed E-state index contributed by atoms with van der Waals surface area (Å²) >= 11 is 0. The van der Waals surface area contributed by atoms with Gasteiger partial charge in [0.1, 0.15) is 0 Å². The van der Waals surface area contributed by atoms with Crippen LogP contribution in [0.1, 0.15) is 26.2 Å². The highest BCUT2D eigenvalue weighted by Gasteiger charge is 2.60. The molecule has 0 aromatic heterocycles. The average Bonchev–Trinajstić information content (AvgIpc) is 2.51. The van der Waals surface area contributed by atoms with Gasteiger partial charge in [-0.25, -0.2) is 14.4 Å². The van der Waals surface area contributed by atoms with Crippen LogP contribution in [0.5, 0.6) is 0 Å². The van der Waals surface area contributed by atoms with Gasteiger partial charge in [-0.3, -0.25) is 0 Å². The molecule has 0 aliphatic rings. The average molecular weight is 328 g/mol. The Morgan fingerprint density at radius 3 is 1.65 bits per heavy atom. The van der Waals surface area contributed by atoms with Crippen molar-refractivity contribution in [3.05, 3.63) is 38.0 Å². The Morgan fingerprint density at radius 1 is 0.913 bits per heavy atom. The van der Waals surface area contributed by atoms with E-state index in [2.05, 4.69) is 24.5 Å². The Labute approximate surface area is 133 Å². The van der Waals surface area contributed by atoms with E-state index in [4.69, 9.17) is 9.47 Å². The molecule has 0 unspecified atom stereocenters. The largest absolute Gasteiger partial charge is 0.410 e. The first-order chi connectivity index (χ1) is 10.7. The molecule has 0 spiro atoms. The Hall–Kier alpha value is -2.45. The molecule has 128 valence electrons. The zero-order chi connectivity index (χ0) is 18.1. The van der Waals surface area contributed by atoms with E-state index in [0.717, 1.165) is 0 Å². The fourth-order valence-electron chi connectivity index (χ4n) is 1.50. The van der Waals surface area contributed by atoms with E-state index in [1.165, 1.54) is 0 Å². The van der Waals surface area contributed by atoms with Crippen molar-refractivity contribution in [3.8, 4) is 0 Å². The van der Waals surface area contributed by atoms with Gasteiger partial charge in [0.05, 0.1) is 0 Å². The number of carbonyl (C=O) groups is 3. The summed E-state index contributed by atoms with van der Waals surface area (Å²) in [5.74, 6) is -9.64. The fraction of sp³-hybridized carbons (Fsp3) is 0.400. The summed E-state index contributed by atoms with van der Waals surface area (Å²) in [6.45, 7) is 11.2. The fourth-order valence-corrected chi connectivity index (χ4v) is 1.50. The molecule has 0 amide bonds. The Balaban J connectivity index is 5.90. The second-order valence-electron chi connectivity index (χ2n) is 4.34. The predicted octanol–water partition coefficient (Wildman–Crippen LogP) is 0.699. The molecule has 0 aliphatic heterocycles. The summed E-state index contributed by atoms with van der Waals surface area (Å²) in [6.07, 6.45) is 2.48. The van der Waals surface area contributed by atoms with Crippen LogP contribution in [0.25, 0.3) is 0 Å². The summed E-state index contributed by atoms with van der Waals surface area (Å²) in [6, 6.07) is 0. The van der Waals surface area contributed by atoms with Gasteiger partial charge in [-0.1, -0.05) is 33.1 Å². The summed E-state index contributed by atoms with van der Waals surface area (Å²) < 4.78 is 14.0. The summed E-state index contributed by atoms with van der Waals surface area (Å²) in [5, 5.41) is 20.2. The smallest absolute Gasteiger partial charge is 0.406 e. The number of ether oxygens (including phenoxy) is 3. The molecule has 8 heteroatoms. The minimum atomic E-state index is -3.45. The van der Waals surface area contributed by atoms with Crippen LogP contribution < -0.4 is 0 Å². The standard InChI is InChI=1S/C15H20O8/c1-5-9-10-14(21-11(16)6-2,22-12(17)7-3)15(19,20)23-13(18)8-4/h6-8,19-20H,2-5,9-10H2,1H3. The van der Waals surface area contributed by atoms with Crippen LogP contribution in [-0.4, -0.2) is 39.9 Å². The molecular weight excluding hydrogens is 308 g/mol. The number of esters is 3. The summed E-state index contributed by atoms with van der Waals surface area (Å²) in [7, 11) is 0. The first-order valence-electron chi connectivity index (χ1n) is 6.69. The van der Waals surface area contributed by atoms with E-state index in [0.29, 0.717) is 24.6 Å². The third-order valence-corrected chi connectivity index (χ3v) is 2.63. The molecule has 0 aromatic rings. The van der Waals surface area contributed by atoms with Crippen molar-refractivity contribution >= 4 is 17.9 Å². The van der Waals surface area contributed by atoms with Crippen molar-refractivity contribution in [1.29, 1.82) is 0 Å². The number of carbonyl (C=O) groups excluding carboxylic acids is 3. The minimum Gasteiger partial charge on any atom is -0.410 e. The molecule has 0 radical (unpaired) electrons. The van der Waals surface area contributed by atoms with Crippen LogP contribution in [0.2, 0.25) is 0 Å². The lowest BCUT2D eigenvalue weighted by atomic mass is 10.1. The maximum absolute atomic E-state index is 11.5. The third-order valence-electron chi connectivity index (χ3n) is 2.63. The number of hydrogen-bond donors (Lipinski definition) is 2. The van der Waals surface area contributed by atoms with E-state index in [-0.39, 0.29) is 12.8 Å². The molecule has 2 N–H and O–H groups in total. The normalized spacial score (nSPS) is 11.1. The predicted molar refractivity (Wildman–Crippen MR) is 78.3 cm³/mol. The molecule has 23 heavy (non-hydrogen) atoms. The molecule has 0 fully saturated rings. The molecule has 0 aromatic carbocycles. The van der Waals surface area contributed by atoms with Crippen molar-refractivity contribution in [2.75, 3.05) is 0 Å². The quantitative estimate of drug-likeness (QED) is 0.342. The second-order valence-corrected chi connectivity index (χ2v) is 4.34. The summed E-state index contributed by atoms with van der Waals surface area (Å²) in [5.41, 5.74) is 0. The topological polar surface area (TPSA) is 119 Å². The van der Waals surface area contributed by atoms with Gasteiger partial charge in [0, 0.05) is 24.6 Å². The highest BCUT2D eigenvalue weighted by atomic mass is 16.9. The number of rotatable bonds is 10. The molecule has 0 rings (SSSR count). The van der Waals surface area contributed by atoms with Gasteiger partial charge in [-0.2, -0.15) is 0 Å². The zero-order valence-corrected chi connectivity index (χ0v) is 12.8. The molecule has 0 bridgehead atoms. The van der Waals surface area contributed by atoms with Gasteiger partial charge in [0.15, 0.2) is 0 Å². The maximum Gasteiger partial charge on any atom is 0.406 e. The monoisotopic (exact) mass is 328 g/mol. The zero-order valence-electron chi connectivity index (χ0n) is 12.8. The molecule has 0 atom stereocenters. The third kappa shape index (κ3) is 5.68. The number of aliphatic hydroxyl groups is 2. The van der Waals surface area contributed by atoms with E-state index < -0.39 is 29.7 Å². The van der Waals surface area contributed by atoms with Gasteiger partial charge >= 0.3 is 29.7 Å². The van der Waals surface area contributed by atoms with Crippen LogP contribution in [0.4, 0.5) is 0 Å². The van der Waals surface area contributed by atoms with Crippen LogP contribution in [-0.2, 0) is 28.6 Å². The number of hydrogen-bond acceptors (Lipinski definition) is 8. The summed E-state index contributed by atoms with van der Waals surface area (Å²) in [4.78, 5) is 34.3. The molecule has 0 saturated carbocycles. The van der Waals surface area contributed by atoms with Crippen LogP contribution >= 0.6 is 0 Å². The Bertz CT molecular complexity index is 470. The lowest BCUT2D eigenvalue weighted by molar-refractivity contribution is -0.442. The van der Waals surface area contributed by atoms with Crippen molar-refractivity contribution < 1.29 is 38.8 Å². The maximum atomic E-state index is 11.5. The Morgan fingerprint density at radius 2 is 1.30 bits per heavy atom. The van der Waals surface area contributed by atoms with Crippen LogP contribution in [0, 0.1) is 0 Å². The lowest BCUT2D eigenvalue weighted by Crippen LogP contribution is -2.61. The number of unbranched alkanes of at least 4 members (excludes halogenated alkanes) is 1. The van der Waals surface area contributed by atoms with E-state index in [9.17, 15) is 24.6 Å². The highest BCUT2D eigenvalue weighted by Crippen LogP contribution is 2.34. The van der Waals surface area contributed by atoms with Crippen molar-refractivity contribution in [2.24, 2.45) is 0 Å². The van der Waals surface area contributed by atoms with Gasteiger partial charge in [-0.05, 0) is 6.42 Å². The van der Waals surface area contributed by atoms with Gasteiger partial charge < -0.3 is 24.4 Å². The molecule has 0 saturated heterocycles. The van der Waals surface area contributed by atoms with Crippen LogP contribution in [0.15, 0.2) is 38.0 Å². The minimum absolute atomic E-state index is 0.239.